The second-order valence-electron chi connectivity index (χ2n) is 3.93. The SMILES string of the molecule is [CH2-]CC=[C-]c1ccccc1.[Zr+4].c1cc[cH-]c1.c1cc[cH-]c1. The molecule has 0 N–H and O–H groups in total. The van der Waals surface area contributed by atoms with Gasteiger partial charge >= 0.3 is 26.2 Å². The zero-order valence-corrected chi connectivity index (χ0v) is 14.6. The molecule has 0 unspecified atom stereocenters. The first-order valence-electron chi connectivity index (χ1n) is 6.69. The van der Waals surface area contributed by atoms with Gasteiger partial charge in [0.2, 0.25) is 0 Å². The Bertz CT molecular complexity index is 444. The van der Waals surface area contributed by atoms with Crippen LogP contribution in [-0.4, -0.2) is 0 Å². The molecule has 0 spiro atoms. The van der Waals surface area contributed by atoms with E-state index in [-0.39, 0.29) is 26.2 Å². The van der Waals surface area contributed by atoms with E-state index in [1.54, 1.807) is 0 Å². The second kappa shape index (κ2) is 14.9. The molecule has 0 aliphatic rings. The molecule has 1 heteroatoms. The fraction of sp³-hybridized carbons (Fsp3) is 0.0500. The van der Waals surface area contributed by atoms with Crippen molar-refractivity contribution in [3.8, 4) is 0 Å². The summed E-state index contributed by atoms with van der Waals surface area (Å²) < 4.78 is 0. The predicted octanol–water partition coefficient (Wildman–Crippen LogP) is 5.43. The Morgan fingerprint density at radius 3 is 1.62 bits per heavy atom. The van der Waals surface area contributed by atoms with Crippen molar-refractivity contribution < 1.29 is 26.2 Å². The summed E-state index contributed by atoms with van der Waals surface area (Å²) in [6, 6.07) is 30.0. The first kappa shape index (κ1) is 19.5. The van der Waals surface area contributed by atoms with Crippen molar-refractivity contribution in [1.82, 2.24) is 0 Å². The van der Waals surface area contributed by atoms with Crippen LogP contribution in [0.3, 0.4) is 0 Å². The minimum absolute atomic E-state index is 0. The quantitative estimate of drug-likeness (QED) is 0.540. The van der Waals surface area contributed by atoms with Crippen LogP contribution in [0, 0.1) is 13.0 Å². The Kier molecular flexibility index (Phi) is 13.9. The van der Waals surface area contributed by atoms with Gasteiger partial charge < -0.3 is 6.92 Å². The van der Waals surface area contributed by atoms with Gasteiger partial charge in [0.15, 0.2) is 0 Å². The van der Waals surface area contributed by atoms with E-state index in [4.69, 9.17) is 0 Å². The summed E-state index contributed by atoms with van der Waals surface area (Å²) in [6.07, 6.45) is 5.83. The summed E-state index contributed by atoms with van der Waals surface area (Å²) in [5.74, 6) is 0. The van der Waals surface area contributed by atoms with Gasteiger partial charge in [0.05, 0.1) is 0 Å². The fourth-order valence-electron chi connectivity index (χ4n) is 1.37. The maximum atomic E-state index is 3.68. The van der Waals surface area contributed by atoms with Gasteiger partial charge in [-0.3, -0.25) is 0 Å². The molecule has 0 nitrogen and oxygen atoms in total. The van der Waals surface area contributed by atoms with Crippen molar-refractivity contribution in [3.05, 3.63) is 116 Å². The molecule has 0 fully saturated rings. The molecule has 3 aromatic rings. The molecular weight excluding hydrogens is 331 g/mol. The summed E-state index contributed by atoms with van der Waals surface area (Å²) in [4.78, 5) is 0. The van der Waals surface area contributed by atoms with Crippen LogP contribution in [0.5, 0.6) is 0 Å². The summed E-state index contributed by atoms with van der Waals surface area (Å²) >= 11 is 0. The molecule has 0 saturated carbocycles. The van der Waals surface area contributed by atoms with Crippen LogP contribution in [0.2, 0.25) is 0 Å². The topological polar surface area (TPSA) is 0 Å². The molecule has 0 amide bonds. The van der Waals surface area contributed by atoms with E-state index in [1.165, 1.54) is 0 Å². The largest absolute Gasteiger partial charge is 4.00 e. The number of hydrogen-bond donors (Lipinski definition) is 0. The zero-order chi connectivity index (χ0) is 14.3. The Balaban J connectivity index is 0.000000307. The number of allylic oxidation sites excluding steroid dienone is 1. The van der Waals surface area contributed by atoms with Gasteiger partial charge in [-0.25, -0.2) is 24.3 Å². The predicted molar refractivity (Wildman–Crippen MR) is 87.4 cm³/mol. The van der Waals surface area contributed by atoms with Gasteiger partial charge in [0, 0.05) is 0 Å². The molecular formula is C20H20Zr. The van der Waals surface area contributed by atoms with Crippen LogP contribution in [-0.2, 0) is 26.2 Å². The molecule has 0 aliphatic heterocycles. The molecule has 0 saturated heterocycles. The summed E-state index contributed by atoms with van der Waals surface area (Å²) in [6.45, 7) is 3.68. The number of hydrogen-bond acceptors (Lipinski definition) is 0. The molecule has 3 rings (SSSR count). The Hall–Kier alpha value is -1.46. The molecule has 0 bridgehead atoms. The third kappa shape index (κ3) is 12.0. The molecule has 0 heterocycles. The van der Waals surface area contributed by atoms with Crippen LogP contribution in [0.4, 0.5) is 0 Å². The Labute approximate surface area is 148 Å². The maximum absolute atomic E-state index is 3.68. The monoisotopic (exact) mass is 350 g/mol. The average molecular weight is 352 g/mol. The van der Waals surface area contributed by atoms with Gasteiger partial charge in [-0.2, -0.15) is 72.7 Å². The van der Waals surface area contributed by atoms with Crippen molar-refractivity contribution in [2.45, 2.75) is 6.42 Å². The molecule has 0 aliphatic carbocycles. The van der Waals surface area contributed by atoms with Crippen LogP contribution < -0.4 is 0 Å². The maximum Gasteiger partial charge on any atom is 4.00 e. The molecule has 3 aromatic carbocycles. The van der Waals surface area contributed by atoms with Gasteiger partial charge in [0.1, 0.15) is 0 Å². The fourth-order valence-corrected chi connectivity index (χ4v) is 1.37. The van der Waals surface area contributed by atoms with Crippen molar-refractivity contribution in [1.29, 1.82) is 0 Å². The van der Waals surface area contributed by atoms with E-state index in [9.17, 15) is 0 Å². The minimum Gasteiger partial charge on any atom is -0.341 e. The van der Waals surface area contributed by atoms with E-state index in [2.05, 4.69) is 13.0 Å². The van der Waals surface area contributed by atoms with Crippen LogP contribution in [0.25, 0.3) is 0 Å². The van der Waals surface area contributed by atoms with Crippen LogP contribution in [0.15, 0.2) is 97.1 Å². The second-order valence-corrected chi connectivity index (χ2v) is 3.93. The number of rotatable bonds is 2. The third-order valence-electron chi connectivity index (χ3n) is 2.30. The molecule has 104 valence electrons. The van der Waals surface area contributed by atoms with Gasteiger partial charge in [-0.05, 0) is 0 Å². The molecule has 0 radical (unpaired) electrons. The van der Waals surface area contributed by atoms with Crippen LogP contribution >= 0.6 is 0 Å². The van der Waals surface area contributed by atoms with Crippen molar-refractivity contribution in [3.63, 3.8) is 0 Å². The number of benzene rings is 1. The summed E-state index contributed by atoms with van der Waals surface area (Å²) in [7, 11) is 0. The van der Waals surface area contributed by atoms with Gasteiger partial charge in [-0.1, -0.05) is 6.07 Å². The van der Waals surface area contributed by atoms with E-state index in [1.807, 2.05) is 97.1 Å². The zero-order valence-electron chi connectivity index (χ0n) is 12.2. The van der Waals surface area contributed by atoms with Crippen molar-refractivity contribution in [2.24, 2.45) is 0 Å². The smallest absolute Gasteiger partial charge is 0.341 e. The Morgan fingerprint density at radius 2 is 1.29 bits per heavy atom. The Morgan fingerprint density at radius 1 is 0.810 bits per heavy atom. The summed E-state index contributed by atoms with van der Waals surface area (Å²) in [5, 5.41) is 0. The van der Waals surface area contributed by atoms with Crippen molar-refractivity contribution >= 4 is 0 Å². The van der Waals surface area contributed by atoms with E-state index in [0.717, 1.165) is 12.0 Å². The van der Waals surface area contributed by atoms with Gasteiger partial charge in [0.25, 0.3) is 0 Å². The third-order valence-corrected chi connectivity index (χ3v) is 2.30. The normalized spacial score (nSPS) is 8.81. The minimum atomic E-state index is 0. The molecule has 0 aromatic heterocycles. The van der Waals surface area contributed by atoms with E-state index >= 15 is 0 Å². The van der Waals surface area contributed by atoms with Crippen molar-refractivity contribution in [2.75, 3.05) is 0 Å². The summed E-state index contributed by atoms with van der Waals surface area (Å²) in [5.41, 5.74) is 1.12. The van der Waals surface area contributed by atoms with E-state index < -0.39 is 0 Å². The van der Waals surface area contributed by atoms with E-state index in [0.29, 0.717) is 0 Å². The first-order chi connectivity index (χ1) is 9.93. The standard InChI is InChI=1S/C10H10.2C5H5.Zr/c1-2-3-7-10-8-5-4-6-9-10;2*1-2-4-5-3-1;/h3-6,8-9H,1-2H2;2*1-5H;/q-2;2*-1;+4. The van der Waals surface area contributed by atoms with Crippen LogP contribution in [0.1, 0.15) is 12.0 Å². The van der Waals surface area contributed by atoms with Gasteiger partial charge in [-0.15, -0.1) is 12.1 Å². The average Bonchev–Trinajstić information content (AvgIpc) is 3.23. The first-order valence-corrected chi connectivity index (χ1v) is 6.69. The molecule has 21 heavy (non-hydrogen) atoms. The molecule has 0 atom stereocenters.